The molecule has 35 heavy (non-hydrogen) atoms. The van der Waals surface area contributed by atoms with Crippen LogP contribution in [0.5, 0.6) is 0 Å². The maximum atomic E-state index is 11.5. The quantitative estimate of drug-likeness (QED) is 0.226. The van der Waals surface area contributed by atoms with Gasteiger partial charge in [-0.2, -0.15) is 0 Å². The van der Waals surface area contributed by atoms with Gasteiger partial charge in [-0.15, -0.1) is 0 Å². The minimum Gasteiger partial charge on any atom is -0.385 e. The first kappa shape index (κ1) is 27.4. The van der Waals surface area contributed by atoms with Gasteiger partial charge in [0.1, 0.15) is 0 Å². The smallest absolute Gasteiger partial charge is 0.274 e. The molecule has 1 aromatic carbocycles. The van der Waals surface area contributed by atoms with Gasteiger partial charge in [0.05, 0.1) is 11.0 Å². The molecule has 3 rings (SSSR count). The Morgan fingerprint density at radius 3 is 2.66 bits per heavy atom. The van der Waals surface area contributed by atoms with Crippen LogP contribution < -0.4 is 11.1 Å². The molecule has 1 aliphatic carbocycles. The Bertz CT molecular complexity index is 770. The first-order valence-corrected chi connectivity index (χ1v) is 13.3. The van der Waals surface area contributed by atoms with Crippen LogP contribution in [0.2, 0.25) is 0 Å². The van der Waals surface area contributed by atoms with Crippen molar-refractivity contribution in [3.05, 3.63) is 58.0 Å². The van der Waals surface area contributed by atoms with E-state index in [2.05, 4.69) is 22.3 Å². The Balaban J connectivity index is 1.70. The minimum atomic E-state index is -0.351. The molecule has 8 heteroatoms. The fourth-order valence-corrected chi connectivity index (χ4v) is 5.60. The van der Waals surface area contributed by atoms with Gasteiger partial charge >= 0.3 is 0 Å². The summed E-state index contributed by atoms with van der Waals surface area (Å²) in [6, 6.07) is 10.4. The lowest BCUT2D eigenvalue weighted by Gasteiger charge is -2.39. The zero-order valence-corrected chi connectivity index (χ0v) is 21.3. The monoisotopic (exact) mass is 488 g/mol. The summed E-state index contributed by atoms with van der Waals surface area (Å²) < 4.78 is 11.6. The summed E-state index contributed by atoms with van der Waals surface area (Å²) >= 11 is 0. The number of ether oxygens (including phenoxy) is 2. The normalized spacial score (nSPS) is 21.5. The van der Waals surface area contributed by atoms with Gasteiger partial charge in [0.2, 0.25) is 0 Å². The number of nitrogens with zero attached hydrogens (tertiary/aromatic N) is 2. The lowest BCUT2D eigenvalue weighted by atomic mass is 9.85. The molecule has 1 aromatic rings. The van der Waals surface area contributed by atoms with Crippen molar-refractivity contribution in [2.75, 3.05) is 40.0 Å². The van der Waals surface area contributed by atoms with Crippen molar-refractivity contribution in [1.29, 1.82) is 0 Å². The fourth-order valence-electron chi connectivity index (χ4n) is 5.60. The highest BCUT2D eigenvalue weighted by atomic mass is 16.6. The van der Waals surface area contributed by atoms with Crippen LogP contribution in [-0.4, -0.2) is 55.8 Å². The number of hydrogen-bond donors (Lipinski definition) is 2. The molecule has 0 bridgehead atoms. The molecular formula is C27H44N4O4. The molecule has 196 valence electrons. The first-order chi connectivity index (χ1) is 17.1. The molecule has 8 nitrogen and oxygen atoms in total. The van der Waals surface area contributed by atoms with Crippen LogP contribution in [0.25, 0.3) is 0 Å². The molecule has 1 aliphatic heterocycles. The largest absolute Gasteiger partial charge is 0.385 e. The highest BCUT2D eigenvalue weighted by Crippen LogP contribution is 2.34. The van der Waals surface area contributed by atoms with E-state index in [0.717, 1.165) is 44.0 Å². The second-order valence-electron chi connectivity index (χ2n) is 10.0. The Kier molecular flexibility index (Phi) is 11.8. The molecule has 0 radical (unpaired) electrons. The predicted molar refractivity (Wildman–Crippen MR) is 138 cm³/mol. The van der Waals surface area contributed by atoms with E-state index in [1.165, 1.54) is 32.1 Å². The van der Waals surface area contributed by atoms with Crippen LogP contribution in [0, 0.1) is 22.0 Å². The average Bonchev–Trinajstić information content (AvgIpc) is 2.89. The Morgan fingerprint density at radius 2 is 1.97 bits per heavy atom. The van der Waals surface area contributed by atoms with Gasteiger partial charge in [-0.1, -0.05) is 62.4 Å². The summed E-state index contributed by atoms with van der Waals surface area (Å²) in [5.41, 5.74) is 7.28. The van der Waals surface area contributed by atoms with Crippen LogP contribution in [-0.2, 0) is 9.47 Å². The van der Waals surface area contributed by atoms with Crippen molar-refractivity contribution < 1.29 is 14.4 Å². The summed E-state index contributed by atoms with van der Waals surface area (Å²) in [7, 11) is 1.70. The molecule has 2 aliphatic rings. The van der Waals surface area contributed by atoms with Crippen LogP contribution in [0.3, 0.4) is 0 Å². The summed E-state index contributed by atoms with van der Waals surface area (Å²) in [5.74, 6) is 1.47. The second-order valence-corrected chi connectivity index (χ2v) is 10.0. The van der Waals surface area contributed by atoms with Crippen molar-refractivity contribution in [2.24, 2.45) is 17.6 Å². The Hall–Kier alpha value is -2.16. The topological polar surface area (TPSA) is 103 Å². The third-order valence-electron chi connectivity index (χ3n) is 7.35. The van der Waals surface area contributed by atoms with Crippen LogP contribution in [0.1, 0.15) is 69.5 Å². The molecule has 1 heterocycles. The minimum absolute atomic E-state index is 0.0416. The number of methoxy groups -OCH3 is 1. The fraction of sp³-hybridized carbons (Fsp3) is 0.704. The lowest BCUT2D eigenvalue weighted by molar-refractivity contribution is -0.404. The number of nitrogens with one attached hydrogen (secondary N) is 1. The van der Waals surface area contributed by atoms with E-state index < -0.39 is 0 Å². The van der Waals surface area contributed by atoms with Gasteiger partial charge in [-0.3, -0.25) is 10.1 Å². The third kappa shape index (κ3) is 9.09. The van der Waals surface area contributed by atoms with Crippen molar-refractivity contribution in [3.63, 3.8) is 0 Å². The number of likely N-dealkylation sites (tertiary alicyclic amines) is 1. The number of piperidine rings is 1. The predicted octanol–water partition coefficient (Wildman–Crippen LogP) is 4.46. The highest BCUT2D eigenvalue weighted by molar-refractivity contribution is 5.19. The van der Waals surface area contributed by atoms with Gasteiger partial charge in [-0.05, 0) is 37.2 Å². The number of nitrogens with two attached hydrogens (primary N) is 1. The maximum absolute atomic E-state index is 11.5. The first-order valence-electron chi connectivity index (χ1n) is 13.3. The standard InChI is InChI=1S/C27H44N4O4/c1-34-16-9-17-35-27(23-12-6-3-7-13-23)24-14-8-15-30(20-24)26(21-31(32)33)29-25(19-28)18-22-10-4-2-5-11-22/h3,6-7,12-13,21-22,24-25,27,29H,2,4-5,8-11,14-20,28H2,1H3/t24?,25-,27?/m0/s1. The van der Waals surface area contributed by atoms with E-state index in [9.17, 15) is 10.1 Å². The zero-order valence-electron chi connectivity index (χ0n) is 21.3. The molecule has 3 atom stereocenters. The highest BCUT2D eigenvalue weighted by Gasteiger charge is 2.31. The molecule has 1 saturated carbocycles. The molecular weight excluding hydrogens is 444 g/mol. The van der Waals surface area contributed by atoms with Crippen molar-refractivity contribution in [3.8, 4) is 0 Å². The van der Waals surface area contributed by atoms with Gasteiger partial charge in [0.15, 0.2) is 5.82 Å². The van der Waals surface area contributed by atoms with E-state index in [1.807, 2.05) is 18.2 Å². The molecule has 0 spiro atoms. The van der Waals surface area contributed by atoms with E-state index in [4.69, 9.17) is 15.2 Å². The van der Waals surface area contributed by atoms with E-state index in [-0.39, 0.29) is 23.0 Å². The SMILES string of the molecule is COCCCOC(c1ccccc1)C1CCCN(C(=C[N+](=O)[O-])N[C@H](CN)CC2CCCCC2)C1. The summed E-state index contributed by atoms with van der Waals surface area (Å²) in [4.78, 5) is 13.3. The number of hydrogen-bond acceptors (Lipinski definition) is 7. The summed E-state index contributed by atoms with van der Waals surface area (Å²) in [6.45, 7) is 3.25. The molecule has 1 saturated heterocycles. The van der Waals surface area contributed by atoms with E-state index in [1.54, 1.807) is 7.11 Å². The Labute approximate surface area is 210 Å². The maximum Gasteiger partial charge on any atom is 0.274 e. The van der Waals surface area contributed by atoms with Crippen molar-refractivity contribution >= 4 is 0 Å². The lowest BCUT2D eigenvalue weighted by Crippen LogP contribution is -2.46. The van der Waals surface area contributed by atoms with E-state index >= 15 is 0 Å². The van der Waals surface area contributed by atoms with Crippen LogP contribution in [0.15, 0.2) is 42.4 Å². The molecule has 2 fully saturated rings. The van der Waals surface area contributed by atoms with Crippen LogP contribution in [0.4, 0.5) is 0 Å². The molecule has 0 amide bonds. The summed E-state index contributed by atoms with van der Waals surface area (Å²) in [5, 5.41) is 15.0. The van der Waals surface area contributed by atoms with E-state index in [0.29, 0.717) is 38.0 Å². The summed E-state index contributed by atoms with van der Waals surface area (Å²) in [6.07, 6.45) is 11.2. The molecule has 3 N–H and O–H groups in total. The van der Waals surface area contributed by atoms with Gasteiger partial charge in [0, 0.05) is 51.9 Å². The number of rotatable bonds is 14. The Morgan fingerprint density at radius 1 is 1.20 bits per heavy atom. The number of nitro groups is 1. The second kappa shape index (κ2) is 15.1. The average molecular weight is 489 g/mol. The van der Waals surface area contributed by atoms with Gasteiger partial charge < -0.3 is 25.4 Å². The number of benzene rings is 1. The molecule has 0 aromatic heterocycles. The zero-order chi connectivity index (χ0) is 24.9. The van der Waals surface area contributed by atoms with Crippen molar-refractivity contribution in [2.45, 2.75) is 69.9 Å². The van der Waals surface area contributed by atoms with Gasteiger partial charge in [0.25, 0.3) is 6.20 Å². The van der Waals surface area contributed by atoms with Gasteiger partial charge in [-0.25, -0.2) is 0 Å². The third-order valence-corrected chi connectivity index (χ3v) is 7.35. The van der Waals surface area contributed by atoms with Crippen LogP contribution >= 0.6 is 0 Å². The molecule has 2 unspecified atom stereocenters. The van der Waals surface area contributed by atoms with Crippen molar-refractivity contribution in [1.82, 2.24) is 10.2 Å².